The number of hydrogen-bond donors (Lipinski definition) is 0. The Kier molecular flexibility index (Phi) is 3.47. The summed E-state index contributed by atoms with van der Waals surface area (Å²) in [6.45, 7) is -0.164. The molecule has 8 rings (SSSR count). The molecule has 4 aliphatic rings. The van der Waals surface area contributed by atoms with Gasteiger partial charge in [-0.3, -0.25) is 0 Å². The van der Waals surface area contributed by atoms with Gasteiger partial charge >= 0.3 is 13.4 Å². The van der Waals surface area contributed by atoms with Gasteiger partial charge in [-0.2, -0.15) is 0 Å². The Morgan fingerprint density at radius 3 is 1.31 bits per heavy atom. The number of rotatable bonds is 0. The Hall–Kier alpha value is -4.09. The first-order valence-electron chi connectivity index (χ1n) is 12.1. The predicted molar refractivity (Wildman–Crippen MR) is 139 cm³/mol. The van der Waals surface area contributed by atoms with E-state index in [1.54, 1.807) is 0 Å². The molecule has 168 valence electrons. The van der Waals surface area contributed by atoms with Crippen LogP contribution in [0.2, 0.25) is 0 Å². The van der Waals surface area contributed by atoms with E-state index in [1.807, 2.05) is 13.8 Å². The Morgan fingerprint density at radius 1 is 0.486 bits per heavy atom. The number of nitrogens with zero attached hydrogens (tertiary/aromatic N) is 2. The van der Waals surface area contributed by atoms with Gasteiger partial charge in [0.25, 0.3) is 0 Å². The maximum atomic E-state index is 7.30. The normalized spacial score (nSPS) is 24.6. The second-order valence-electron chi connectivity index (χ2n) is 9.70. The molecule has 2 bridgehead atoms. The second-order valence-corrected chi connectivity index (χ2v) is 9.70. The molecule has 0 aromatic heterocycles. The van der Waals surface area contributed by atoms with E-state index in [0.717, 1.165) is 56.3 Å². The fourth-order valence-electron chi connectivity index (χ4n) is 6.79. The highest BCUT2D eigenvalue weighted by molar-refractivity contribution is 6.92. The van der Waals surface area contributed by atoms with Crippen molar-refractivity contribution in [2.45, 2.75) is 13.8 Å². The Bertz CT molecular complexity index is 1560. The van der Waals surface area contributed by atoms with Gasteiger partial charge in [-0.1, -0.05) is 72.8 Å². The zero-order valence-electron chi connectivity index (χ0n) is 19.5. The van der Waals surface area contributed by atoms with Crippen molar-refractivity contribution >= 4 is 47.5 Å². The van der Waals surface area contributed by atoms with Gasteiger partial charge in [0, 0.05) is 37.1 Å². The van der Waals surface area contributed by atoms with Gasteiger partial charge < -0.3 is 22.9 Å². The van der Waals surface area contributed by atoms with E-state index < -0.39 is 13.4 Å². The summed E-state index contributed by atoms with van der Waals surface area (Å²) in [5.74, 6) is 1.54. The predicted octanol–water partition coefficient (Wildman–Crippen LogP) is 4.24. The molecular weight excluding hydrogens is 434 g/mol. The summed E-state index contributed by atoms with van der Waals surface area (Å²) >= 11 is 0. The lowest BCUT2D eigenvalue weighted by Gasteiger charge is -2.58. The molecule has 5 nitrogen and oxygen atoms in total. The highest BCUT2D eigenvalue weighted by Crippen LogP contribution is 2.47. The van der Waals surface area contributed by atoms with Crippen LogP contribution in [0.3, 0.4) is 0 Å². The average Bonchev–Trinajstić information content (AvgIpc) is 2.88. The summed E-state index contributed by atoms with van der Waals surface area (Å²) in [7, 11) is 0. The maximum absolute atomic E-state index is 7.30. The van der Waals surface area contributed by atoms with Crippen molar-refractivity contribution in [1.29, 1.82) is 0 Å². The van der Waals surface area contributed by atoms with E-state index in [-0.39, 0.29) is 0 Å². The van der Waals surface area contributed by atoms with Crippen molar-refractivity contribution in [1.82, 2.24) is 0 Å². The first-order chi connectivity index (χ1) is 17.1. The summed E-state index contributed by atoms with van der Waals surface area (Å²) in [6.07, 6.45) is 0. The first kappa shape index (κ1) is 19.2. The van der Waals surface area contributed by atoms with Gasteiger partial charge in [0.2, 0.25) is 11.8 Å². The molecule has 0 radical (unpaired) electrons. The summed E-state index contributed by atoms with van der Waals surface area (Å²) in [5.41, 5.74) is 8.67. The Labute approximate surface area is 203 Å². The molecule has 4 aromatic carbocycles. The summed E-state index contributed by atoms with van der Waals surface area (Å²) in [4.78, 5) is 0. The highest BCUT2D eigenvalue weighted by Gasteiger charge is 2.69. The molecule has 4 heterocycles. The van der Waals surface area contributed by atoms with Crippen LogP contribution in [-0.2, 0) is 13.9 Å². The topological polar surface area (TPSA) is 33.7 Å². The number of para-hydroxylation sites is 2. The molecular formula is C28H22B2N2O3. The molecule has 0 fully saturated rings. The zero-order chi connectivity index (χ0) is 23.4. The molecule has 0 saturated carbocycles. The van der Waals surface area contributed by atoms with Gasteiger partial charge in [0.05, 0.1) is 0 Å². The minimum absolute atomic E-state index is 0.768. The molecule has 2 spiro atoms. The van der Waals surface area contributed by atoms with Crippen molar-refractivity contribution in [3.63, 3.8) is 0 Å². The van der Waals surface area contributed by atoms with E-state index in [9.17, 15) is 0 Å². The van der Waals surface area contributed by atoms with Crippen LogP contribution < -0.4 is 10.9 Å². The number of fused-ring (bicyclic) bond motifs is 8. The van der Waals surface area contributed by atoms with Crippen molar-refractivity contribution in [3.8, 4) is 22.3 Å². The quantitative estimate of drug-likeness (QED) is 0.372. The first-order valence-corrected chi connectivity index (χ1v) is 12.1. The van der Waals surface area contributed by atoms with Crippen LogP contribution >= 0.6 is 0 Å². The van der Waals surface area contributed by atoms with Crippen LogP contribution in [0.5, 0.6) is 0 Å². The van der Waals surface area contributed by atoms with Gasteiger partial charge in [0.1, 0.15) is 0 Å². The molecule has 35 heavy (non-hydrogen) atoms. The third-order valence-electron chi connectivity index (χ3n) is 8.00. The van der Waals surface area contributed by atoms with Crippen LogP contribution in [0.4, 0.5) is 11.4 Å². The van der Waals surface area contributed by atoms with Crippen LogP contribution in [0, 0.1) is 0 Å². The van der Waals surface area contributed by atoms with Gasteiger partial charge in [0.15, 0.2) is 11.4 Å². The third-order valence-corrected chi connectivity index (χ3v) is 8.00. The lowest BCUT2D eigenvalue weighted by molar-refractivity contribution is -0.415. The lowest BCUT2D eigenvalue weighted by atomic mass is 9.47. The molecule has 0 unspecified atom stereocenters. The van der Waals surface area contributed by atoms with E-state index >= 15 is 0 Å². The monoisotopic (exact) mass is 456 g/mol. The van der Waals surface area contributed by atoms with Crippen molar-refractivity contribution in [3.05, 3.63) is 97.1 Å². The van der Waals surface area contributed by atoms with E-state index in [4.69, 9.17) is 13.9 Å². The van der Waals surface area contributed by atoms with Gasteiger partial charge in [-0.15, -0.1) is 0 Å². The van der Waals surface area contributed by atoms with Gasteiger partial charge in [-0.25, -0.2) is 0 Å². The number of benzene rings is 4. The summed E-state index contributed by atoms with van der Waals surface area (Å²) in [5, 5.41) is 0. The zero-order valence-corrected chi connectivity index (χ0v) is 19.5. The van der Waals surface area contributed by atoms with Crippen LogP contribution in [0.15, 0.2) is 97.1 Å². The van der Waals surface area contributed by atoms with Crippen LogP contribution in [-0.4, -0.2) is 34.1 Å². The standard InChI is InChI=1S/C28H22B2N2O3/c1-19-31-27-17-9-5-13-23(27)21-11-3-7-15-25(21)29(31)34-20(2)32-28-18-10-6-14-24(28)22-12-4-8-16-26(22)30(32,33-19)35-29/h3-18H,1-2H3/t29-,30-/m1/s1. The molecule has 0 N–H and O–H groups in total. The second kappa shape index (κ2) is 6.32. The molecule has 0 saturated heterocycles. The maximum Gasteiger partial charge on any atom is 0.602 e. The average molecular weight is 456 g/mol. The molecule has 2 atom stereocenters. The molecule has 4 aromatic rings. The van der Waals surface area contributed by atoms with Crippen molar-refractivity contribution in [2.24, 2.45) is 0 Å². The van der Waals surface area contributed by atoms with Gasteiger partial charge in [-0.05, 0) is 34.2 Å². The molecule has 0 aliphatic carbocycles. The van der Waals surface area contributed by atoms with Crippen LogP contribution in [0.25, 0.3) is 22.3 Å². The fraction of sp³-hybridized carbons (Fsp3) is 0.0714. The highest BCUT2D eigenvalue weighted by atomic mass is 16.7. The largest absolute Gasteiger partial charge is 0.617 e. The molecule has 4 aliphatic heterocycles. The minimum atomic E-state index is -2.11. The fourth-order valence-corrected chi connectivity index (χ4v) is 6.79. The van der Waals surface area contributed by atoms with E-state index in [2.05, 4.69) is 106 Å². The molecule has 7 heteroatoms. The smallest absolute Gasteiger partial charge is 0.602 e. The van der Waals surface area contributed by atoms with Crippen LogP contribution in [0.1, 0.15) is 13.8 Å². The Balaban J connectivity index is 1.52. The summed E-state index contributed by atoms with van der Waals surface area (Å²) < 4.78 is 25.5. The molecule has 0 amide bonds. The van der Waals surface area contributed by atoms with Crippen molar-refractivity contribution in [2.75, 3.05) is 0 Å². The SMILES string of the molecule is CC1=[N+]2c3ccccc3-c3ccccc3[B@-]23OC(C)=[N+]2c4ccccc4-c4ccccc4[B@@-]2(O1)O3. The van der Waals surface area contributed by atoms with Crippen molar-refractivity contribution < 1.29 is 22.9 Å². The third kappa shape index (κ3) is 2.16. The van der Waals surface area contributed by atoms with E-state index in [1.165, 1.54) is 0 Å². The minimum Gasteiger partial charge on any atom is -0.617 e. The lowest BCUT2D eigenvalue weighted by Crippen LogP contribution is -2.83. The summed E-state index contributed by atoms with van der Waals surface area (Å²) in [6, 6.07) is 33.6. The number of hydrogen-bond acceptors (Lipinski definition) is 3. The van der Waals surface area contributed by atoms with E-state index in [0.29, 0.717) is 0 Å². The Morgan fingerprint density at radius 2 is 0.857 bits per heavy atom.